The summed E-state index contributed by atoms with van der Waals surface area (Å²) in [5.41, 5.74) is 1.73. The average Bonchev–Trinajstić information content (AvgIpc) is 2.69. The largest absolute Gasteiger partial charge is 0.489 e. The van der Waals surface area contributed by atoms with Gasteiger partial charge in [0, 0.05) is 31.5 Å². The lowest BCUT2D eigenvalue weighted by atomic mass is 10.1. The van der Waals surface area contributed by atoms with Gasteiger partial charge in [-0.15, -0.1) is 13.2 Å². The normalized spacial score (nSPS) is 13.6. The van der Waals surface area contributed by atoms with Crippen molar-refractivity contribution in [2.75, 3.05) is 13.1 Å². The Bertz CT molecular complexity index is 685. The molecule has 1 aliphatic heterocycles. The van der Waals surface area contributed by atoms with Crippen molar-refractivity contribution in [3.05, 3.63) is 78.9 Å². The zero-order valence-electron chi connectivity index (χ0n) is 14.3. The first-order valence-electron chi connectivity index (χ1n) is 8.30. The third-order valence-electron chi connectivity index (χ3n) is 3.96. The summed E-state index contributed by atoms with van der Waals surface area (Å²) in [5, 5.41) is 0. The molecule has 0 spiro atoms. The highest BCUT2D eigenvalue weighted by Crippen LogP contribution is 2.17. The molecule has 1 aliphatic rings. The monoisotopic (exact) mass is 337 g/mol. The molecule has 0 unspecified atom stereocenters. The lowest BCUT2D eigenvalue weighted by Crippen LogP contribution is -2.38. The Morgan fingerprint density at radius 1 is 0.960 bits per heavy atom. The first kappa shape index (κ1) is 18.5. The molecular formula is C21H23NO3. The number of rotatable bonds is 4. The second-order valence-electron chi connectivity index (χ2n) is 5.63. The first-order valence-corrected chi connectivity index (χ1v) is 8.30. The maximum absolute atomic E-state index is 12.4. The topological polar surface area (TPSA) is 46.6 Å². The molecule has 4 heteroatoms. The number of piperidine rings is 1. The molecule has 4 nitrogen and oxygen atoms in total. The van der Waals surface area contributed by atoms with Gasteiger partial charge < -0.3 is 9.64 Å². The van der Waals surface area contributed by atoms with E-state index in [4.69, 9.17) is 4.74 Å². The second kappa shape index (κ2) is 9.42. The minimum Gasteiger partial charge on any atom is -0.489 e. The van der Waals surface area contributed by atoms with E-state index in [9.17, 15) is 9.59 Å². The van der Waals surface area contributed by atoms with E-state index < -0.39 is 0 Å². The number of benzene rings is 2. The van der Waals surface area contributed by atoms with Gasteiger partial charge in [0.1, 0.15) is 18.1 Å². The van der Waals surface area contributed by atoms with Gasteiger partial charge in [-0.2, -0.15) is 0 Å². The molecule has 2 aromatic carbocycles. The van der Waals surface area contributed by atoms with Crippen molar-refractivity contribution in [3.8, 4) is 5.75 Å². The van der Waals surface area contributed by atoms with Gasteiger partial charge in [0.15, 0.2) is 0 Å². The molecule has 1 heterocycles. The Hall–Kier alpha value is -2.88. The Morgan fingerprint density at radius 3 is 2.16 bits per heavy atom. The minimum atomic E-state index is -0.0212. The van der Waals surface area contributed by atoms with Gasteiger partial charge in [0.2, 0.25) is 0 Å². The lowest BCUT2D eigenvalue weighted by Gasteiger charge is -2.26. The second-order valence-corrected chi connectivity index (χ2v) is 5.63. The first-order chi connectivity index (χ1) is 12.2. The van der Waals surface area contributed by atoms with Crippen molar-refractivity contribution in [1.29, 1.82) is 0 Å². The van der Waals surface area contributed by atoms with E-state index in [0.29, 0.717) is 38.1 Å². The fourth-order valence-corrected chi connectivity index (χ4v) is 2.58. The van der Waals surface area contributed by atoms with Gasteiger partial charge in [-0.05, 0) is 29.8 Å². The van der Waals surface area contributed by atoms with Crippen LogP contribution in [0.25, 0.3) is 0 Å². The van der Waals surface area contributed by atoms with Crippen LogP contribution in [0, 0.1) is 0 Å². The van der Waals surface area contributed by atoms with Crippen LogP contribution in [-0.2, 0) is 11.4 Å². The Labute approximate surface area is 148 Å². The van der Waals surface area contributed by atoms with Crippen LogP contribution in [0.1, 0.15) is 28.8 Å². The Balaban J connectivity index is 0.00000109. The van der Waals surface area contributed by atoms with E-state index in [0.717, 1.165) is 11.3 Å². The van der Waals surface area contributed by atoms with Crippen LogP contribution in [0.4, 0.5) is 0 Å². The Kier molecular flexibility index (Phi) is 6.96. The van der Waals surface area contributed by atoms with E-state index in [1.165, 1.54) is 0 Å². The van der Waals surface area contributed by atoms with E-state index in [1.54, 1.807) is 17.0 Å². The van der Waals surface area contributed by atoms with Gasteiger partial charge in [-0.3, -0.25) is 9.59 Å². The third-order valence-corrected chi connectivity index (χ3v) is 3.96. The molecule has 1 fully saturated rings. The highest BCUT2D eigenvalue weighted by Gasteiger charge is 2.21. The van der Waals surface area contributed by atoms with E-state index in [-0.39, 0.29) is 11.7 Å². The molecule has 0 aliphatic carbocycles. The zero-order valence-corrected chi connectivity index (χ0v) is 14.3. The van der Waals surface area contributed by atoms with E-state index >= 15 is 0 Å². The number of carbonyl (C=O) groups is 2. The number of ketones is 1. The smallest absolute Gasteiger partial charge is 0.253 e. The number of hydrogen-bond donors (Lipinski definition) is 0. The summed E-state index contributed by atoms with van der Waals surface area (Å²) in [5.74, 6) is 0.949. The predicted octanol–water partition coefficient (Wildman–Crippen LogP) is 3.87. The molecule has 0 aromatic heterocycles. The van der Waals surface area contributed by atoms with Crippen LogP contribution in [0.3, 0.4) is 0 Å². The molecule has 1 amide bonds. The maximum atomic E-state index is 12.4. The number of carbonyl (C=O) groups excluding carboxylic acids is 2. The van der Waals surface area contributed by atoms with Gasteiger partial charge in [0.05, 0.1) is 0 Å². The number of likely N-dealkylation sites (tertiary alicyclic amines) is 1. The van der Waals surface area contributed by atoms with Crippen molar-refractivity contribution < 1.29 is 14.3 Å². The fraction of sp³-hybridized carbons (Fsp3) is 0.238. The van der Waals surface area contributed by atoms with Crippen molar-refractivity contribution in [2.45, 2.75) is 19.4 Å². The lowest BCUT2D eigenvalue weighted by molar-refractivity contribution is -0.120. The van der Waals surface area contributed by atoms with Crippen LogP contribution in [0.2, 0.25) is 0 Å². The summed E-state index contributed by atoms with van der Waals surface area (Å²) in [6.07, 6.45) is 0.925. The molecule has 0 radical (unpaired) electrons. The highest BCUT2D eigenvalue weighted by molar-refractivity contribution is 5.95. The fourth-order valence-electron chi connectivity index (χ4n) is 2.58. The van der Waals surface area contributed by atoms with Crippen molar-refractivity contribution in [2.24, 2.45) is 0 Å². The maximum Gasteiger partial charge on any atom is 0.253 e. The van der Waals surface area contributed by atoms with Crippen molar-refractivity contribution in [3.63, 3.8) is 0 Å². The zero-order chi connectivity index (χ0) is 18.1. The molecule has 0 saturated carbocycles. The average molecular weight is 337 g/mol. The number of nitrogens with zero attached hydrogens (tertiary/aromatic N) is 1. The molecule has 2 aromatic rings. The van der Waals surface area contributed by atoms with E-state index in [2.05, 4.69) is 13.2 Å². The molecule has 130 valence electrons. The molecular weight excluding hydrogens is 314 g/mol. The predicted molar refractivity (Wildman–Crippen MR) is 98.6 cm³/mol. The molecule has 3 rings (SSSR count). The quantitative estimate of drug-likeness (QED) is 0.796. The summed E-state index contributed by atoms with van der Waals surface area (Å²) in [7, 11) is 0. The van der Waals surface area contributed by atoms with Crippen LogP contribution >= 0.6 is 0 Å². The molecule has 0 N–H and O–H groups in total. The number of Topliss-reactive ketones (excluding diaryl/α,β-unsaturated/α-hetero) is 1. The number of amides is 1. The standard InChI is InChI=1S/C19H19NO3.C2H4/c21-17-10-12-20(13-11-17)19(22)16-6-8-18(9-7-16)23-14-15-4-2-1-3-5-15;1-2/h1-9H,10-14H2;1-2H2. The van der Waals surface area contributed by atoms with Crippen molar-refractivity contribution in [1.82, 2.24) is 4.90 Å². The van der Waals surface area contributed by atoms with Crippen LogP contribution in [0.5, 0.6) is 5.75 Å². The molecule has 25 heavy (non-hydrogen) atoms. The van der Waals surface area contributed by atoms with E-state index in [1.807, 2.05) is 42.5 Å². The molecule has 0 atom stereocenters. The third kappa shape index (κ3) is 5.31. The highest BCUT2D eigenvalue weighted by atomic mass is 16.5. The number of hydrogen-bond acceptors (Lipinski definition) is 3. The summed E-state index contributed by atoms with van der Waals surface area (Å²) in [4.78, 5) is 25.4. The summed E-state index contributed by atoms with van der Waals surface area (Å²) >= 11 is 0. The van der Waals surface area contributed by atoms with Crippen LogP contribution < -0.4 is 4.74 Å². The van der Waals surface area contributed by atoms with Crippen molar-refractivity contribution >= 4 is 11.7 Å². The van der Waals surface area contributed by atoms with Gasteiger partial charge in [-0.1, -0.05) is 30.3 Å². The molecule has 0 bridgehead atoms. The van der Waals surface area contributed by atoms with Crippen LogP contribution in [-0.4, -0.2) is 29.7 Å². The van der Waals surface area contributed by atoms with Crippen LogP contribution in [0.15, 0.2) is 67.8 Å². The van der Waals surface area contributed by atoms with Gasteiger partial charge >= 0.3 is 0 Å². The molecule has 1 saturated heterocycles. The Morgan fingerprint density at radius 2 is 1.56 bits per heavy atom. The van der Waals surface area contributed by atoms with Gasteiger partial charge in [0.25, 0.3) is 5.91 Å². The van der Waals surface area contributed by atoms with Gasteiger partial charge in [-0.25, -0.2) is 0 Å². The SMILES string of the molecule is C=C.O=C1CCN(C(=O)c2ccc(OCc3ccccc3)cc2)CC1. The summed E-state index contributed by atoms with van der Waals surface area (Å²) < 4.78 is 5.72. The number of ether oxygens (including phenoxy) is 1. The summed E-state index contributed by atoms with van der Waals surface area (Å²) in [6.45, 7) is 7.54. The summed E-state index contributed by atoms with van der Waals surface area (Å²) in [6, 6.07) is 17.1. The minimum absolute atomic E-state index is 0.0212.